The molecule has 1 aromatic heterocycles. The molecule has 0 fully saturated rings. The zero-order valence-corrected chi connectivity index (χ0v) is 15.6. The van der Waals surface area contributed by atoms with Gasteiger partial charge in [0, 0.05) is 16.9 Å². The number of ketones is 1. The van der Waals surface area contributed by atoms with Gasteiger partial charge < -0.3 is 4.42 Å². The fourth-order valence-electron chi connectivity index (χ4n) is 3.37. The number of hydrogen-bond donors (Lipinski definition) is 0. The number of hydrogen-bond acceptors (Lipinski definition) is 4. The summed E-state index contributed by atoms with van der Waals surface area (Å²) < 4.78 is 6.80. The van der Waals surface area contributed by atoms with Crippen LogP contribution < -0.4 is 0 Å². The van der Waals surface area contributed by atoms with Crippen LogP contribution in [0.15, 0.2) is 66.7 Å². The molecule has 0 radical (unpaired) electrons. The maximum Gasteiger partial charge on any atom is 0.262 e. The minimum Gasteiger partial charge on any atom is -0.430 e. The molecular weight excluding hydrogens is 386 g/mol. The first-order valence-corrected chi connectivity index (χ1v) is 9.59. The van der Waals surface area contributed by atoms with E-state index in [0.717, 1.165) is 39.2 Å². The molecule has 1 atom stereocenters. The first-order valence-electron chi connectivity index (χ1n) is 7.98. The molecule has 0 spiro atoms. The summed E-state index contributed by atoms with van der Waals surface area (Å²) in [5.41, 5.74) is 3.46. The Hall–Kier alpha value is -1.59. The van der Waals surface area contributed by atoms with Gasteiger partial charge in [0.25, 0.3) is 5.22 Å². The van der Waals surface area contributed by atoms with E-state index < -0.39 is 0 Å². The number of aromatic nitrogens is 1. The molecule has 0 saturated carbocycles. The van der Waals surface area contributed by atoms with E-state index in [1.54, 1.807) is 6.08 Å². The van der Waals surface area contributed by atoms with Gasteiger partial charge >= 0.3 is 0 Å². The summed E-state index contributed by atoms with van der Waals surface area (Å²) >= 11 is 5.05. The minimum atomic E-state index is 0.195. The minimum absolute atomic E-state index is 0.195. The molecule has 5 heteroatoms. The first kappa shape index (κ1) is 15.9. The van der Waals surface area contributed by atoms with Gasteiger partial charge in [0.15, 0.2) is 16.1 Å². The van der Waals surface area contributed by atoms with Gasteiger partial charge in [0.05, 0.1) is 0 Å². The van der Waals surface area contributed by atoms with Crippen LogP contribution in [0.5, 0.6) is 0 Å². The number of fused-ring (bicyclic) bond motifs is 1. The molecule has 2 aromatic rings. The van der Waals surface area contributed by atoms with E-state index in [0.29, 0.717) is 17.6 Å². The highest BCUT2D eigenvalue weighted by molar-refractivity contribution is 9.10. The molecule has 0 amide bonds. The van der Waals surface area contributed by atoms with Gasteiger partial charge in [0.1, 0.15) is 0 Å². The van der Waals surface area contributed by atoms with E-state index in [1.165, 1.54) is 17.3 Å². The highest BCUT2D eigenvalue weighted by Gasteiger charge is 2.32. The van der Waals surface area contributed by atoms with E-state index in [4.69, 9.17) is 4.42 Å². The topological polar surface area (TPSA) is 43.1 Å². The predicted octanol–water partition coefficient (Wildman–Crippen LogP) is 5.67. The second-order valence-corrected chi connectivity index (χ2v) is 7.94. The number of halogens is 1. The van der Waals surface area contributed by atoms with Crippen LogP contribution in [0.4, 0.5) is 0 Å². The van der Waals surface area contributed by atoms with Crippen LogP contribution in [0.2, 0.25) is 0 Å². The third kappa shape index (κ3) is 2.91. The van der Waals surface area contributed by atoms with Crippen molar-refractivity contribution in [1.82, 2.24) is 4.98 Å². The van der Waals surface area contributed by atoms with E-state index in [-0.39, 0.29) is 5.78 Å². The van der Waals surface area contributed by atoms with Crippen LogP contribution in [0, 0.1) is 5.92 Å². The first-order chi connectivity index (χ1) is 11.6. The summed E-state index contributed by atoms with van der Waals surface area (Å²) in [7, 11) is 0. The van der Waals surface area contributed by atoms with Gasteiger partial charge in [-0.3, -0.25) is 4.79 Å². The zero-order valence-electron chi connectivity index (χ0n) is 13.2. The molecule has 0 aliphatic heterocycles. The number of carbonyl (C=O) groups excluding carboxylic acids is 1. The third-order valence-corrected chi connectivity index (χ3v) is 5.89. The molecule has 1 heterocycles. The molecule has 2 aliphatic rings. The zero-order chi connectivity index (χ0) is 16.7. The predicted molar refractivity (Wildman–Crippen MR) is 97.8 cm³/mol. The van der Waals surface area contributed by atoms with Gasteiger partial charge in [-0.25, -0.2) is 0 Å². The lowest BCUT2D eigenvalue weighted by molar-refractivity contribution is -0.113. The Labute approximate surface area is 153 Å². The summed E-state index contributed by atoms with van der Waals surface area (Å²) in [4.78, 5) is 17.5. The monoisotopic (exact) mass is 401 g/mol. The molecule has 0 saturated heterocycles. The smallest absolute Gasteiger partial charge is 0.262 e. The third-order valence-electron chi connectivity index (χ3n) is 4.50. The second kappa shape index (κ2) is 6.37. The Morgan fingerprint density at radius 3 is 2.88 bits per heavy atom. The summed E-state index contributed by atoms with van der Waals surface area (Å²) in [6.45, 7) is 2.20. The molecule has 3 nitrogen and oxygen atoms in total. The highest BCUT2D eigenvalue weighted by atomic mass is 79.9. The standard InChI is InChI=1S/C19H16BrNO2S/c1-11-7-8-12-9-13(22)10-15(12)16(11)17-18(20)21-19(23-17)24-14-5-3-2-4-6-14/h2-6,9,11H,7-8,10H2,1H3/t11-/m0/s1. The fraction of sp³-hybridized carbons (Fsp3) is 0.263. The molecule has 2 aliphatic carbocycles. The summed E-state index contributed by atoms with van der Waals surface area (Å²) in [5, 5.41) is 0.615. The largest absolute Gasteiger partial charge is 0.430 e. The lowest BCUT2D eigenvalue weighted by Gasteiger charge is -2.24. The Balaban J connectivity index is 1.73. The molecular formula is C19H16BrNO2S. The normalized spacial score (nSPS) is 20.3. The second-order valence-electron chi connectivity index (χ2n) is 6.16. The van der Waals surface area contributed by atoms with Crippen molar-refractivity contribution in [1.29, 1.82) is 0 Å². The molecule has 24 heavy (non-hydrogen) atoms. The number of carbonyl (C=O) groups is 1. The fourth-order valence-corrected chi connectivity index (χ4v) is 4.70. The van der Waals surface area contributed by atoms with Crippen molar-refractivity contribution in [2.75, 3.05) is 0 Å². The van der Waals surface area contributed by atoms with Crippen LogP contribution >= 0.6 is 27.7 Å². The highest BCUT2D eigenvalue weighted by Crippen LogP contribution is 2.46. The van der Waals surface area contributed by atoms with Crippen molar-refractivity contribution in [2.24, 2.45) is 5.92 Å². The average Bonchev–Trinajstić information content (AvgIpc) is 3.10. The van der Waals surface area contributed by atoms with Crippen molar-refractivity contribution >= 4 is 39.0 Å². The van der Waals surface area contributed by atoms with Crippen molar-refractivity contribution < 1.29 is 9.21 Å². The van der Waals surface area contributed by atoms with Crippen molar-refractivity contribution in [2.45, 2.75) is 36.3 Å². The Morgan fingerprint density at radius 2 is 2.08 bits per heavy atom. The molecule has 122 valence electrons. The lowest BCUT2D eigenvalue weighted by Crippen LogP contribution is -2.09. The number of oxazole rings is 1. The van der Waals surface area contributed by atoms with E-state index in [1.807, 2.05) is 30.3 Å². The Bertz CT molecular complexity index is 867. The Kier molecular flexibility index (Phi) is 4.22. The van der Waals surface area contributed by atoms with Crippen LogP contribution in [-0.2, 0) is 4.79 Å². The van der Waals surface area contributed by atoms with Gasteiger partial charge in [-0.2, -0.15) is 4.98 Å². The number of benzene rings is 1. The van der Waals surface area contributed by atoms with E-state index >= 15 is 0 Å². The maximum absolute atomic E-state index is 11.9. The summed E-state index contributed by atoms with van der Waals surface area (Å²) in [6.07, 6.45) is 4.30. The molecule has 0 N–H and O–H groups in total. The summed E-state index contributed by atoms with van der Waals surface area (Å²) in [5.74, 6) is 1.33. The summed E-state index contributed by atoms with van der Waals surface area (Å²) in [6, 6.07) is 10.0. The Morgan fingerprint density at radius 1 is 1.29 bits per heavy atom. The van der Waals surface area contributed by atoms with Crippen molar-refractivity contribution in [3.63, 3.8) is 0 Å². The number of allylic oxidation sites excluding steroid dienone is 4. The molecule has 1 aromatic carbocycles. The van der Waals surface area contributed by atoms with Crippen LogP contribution in [-0.4, -0.2) is 10.8 Å². The number of rotatable bonds is 3. The maximum atomic E-state index is 11.9. The van der Waals surface area contributed by atoms with Gasteiger partial charge in [-0.05, 0) is 75.8 Å². The van der Waals surface area contributed by atoms with Gasteiger partial charge in [0.2, 0.25) is 0 Å². The van der Waals surface area contributed by atoms with Crippen LogP contribution in [0.3, 0.4) is 0 Å². The van der Waals surface area contributed by atoms with Crippen LogP contribution in [0.1, 0.15) is 31.9 Å². The van der Waals surface area contributed by atoms with E-state index in [2.05, 4.69) is 27.8 Å². The molecule has 0 unspecified atom stereocenters. The van der Waals surface area contributed by atoms with Crippen LogP contribution in [0.25, 0.3) is 5.57 Å². The molecule has 0 bridgehead atoms. The van der Waals surface area contributed by atoms with Crippen molar-refractivity contribution in [3.05, 3.63) is 57.9 Å². The van der Waals surface area contributed by atoms with Gasteiger partial charge in [-0.1, -0.05) is 25.1 Å². The quantitative estimate of drug-likeness (QED) is 0.664. The van der Waals surface area contributed by atoms with Crippen molar-refractivity contribution in [3.8, 4) is 0 Å². The van der Waals surface area contributed by atoms with E-state index in [9.17, 15) is 4.79 Å². The molecule has 4 rings (SSSR count). The SMILES string of the molecule is C[C@H]1CCC2=CC(=O)CC2=C1c1oc(Sc2ccccc2)nc1Br. The number of nitrogens with zero attached hydrogens (tertiary/aromatic N) is 1. The van der Waals surface area contributed by atoms with Gasteiger partial charge in [-0.15, -0.1) is 0 Å². The average molecular weight is 402 g/mol. The lowest BCUT2D eigenvalue weighted by atomic mass is 9.81.